The Morgan fingerprint density at radius 2 is 2.17 bits per heavy atom. The van der Waals surface area contributed by atoms with Gasteiger partial charge in [0.1, 0.15) is 11.9 Å². The minimum absolute atomic E-state index is 0.0282. The van der Waals surface area contributed by atoms with Crippen LogP contribution in [0, 0.1) is 11.3 Å². The molecule has 5 nitrogen and oxygen atoms in total. The van der Waals surface area contributed by atoms with Crippen molar-refractivity contribution >= 4 is 38.6 Å². The van der Waals surface area contributed by atoms with Gasteiger partial charge in [-0.1, -0.05) is 28.1 Å². The van der Waals surface area contributed by atoms with Gasteiger partial charge < -0.3 is 14.8 Å². The molecule has 23 heavy (non-hydrogen) atoms. The number of benzene rings is 2. The molecule has 0 saturated carbocycles. The summed E-state index contributed by atoms with van der Waals surface area (Å²) < 4.78 is 5.86. The predicted molar refractivity (Wildman–Crippen MR) is 91.9 cm³/mol. The highest BCUT2D eigenvalue weighted by atomic mass is 79.9. The number of aromatic nitrogens is 2. The van der Waals surface area contributed by atoms with Crippen LogP contribution < -0.4 is 4.74 Å². The van der Waals surface area contributed by atoms with Crippen LogP contribution in [0.15, 0.2) is 40.9 Å². The highest BCUT2D eigenvalue weighted by Gasteiger charge is 2.12. The fourth-order valence-corrected chi connectivity index (χ4v) is 2.70. The number of fused-ring (bicyclic) bond motifs is 1. The van der Waals surface area contributed by atoms with Gasteiger partial charge in [-0.25, -0.2) is 4.98 Å². The third kappa shape index (κ3) is 2.91. The van der Waals surface area contributed by atoms with E-state index in [4.69, 9.17) is 4.74 Å². The topological polar surface area (TPSA) is 81.9 Å². The largest absolute Gasteiger partial charge is 0.504 e. The Balaban J connectivity index is 2.12. The average molecular weight is 370 g/mol. The van der Waals surface area contributed by atoms with E-state index in [1.165, 1.54) is 7.11 Å². The van der Waals surface area contributed by atoms with Gasteiger partial charge in [-0.2, -0.15) is 5.26 Å². The first-order chi connectivity index (χ1) is 11.1. The van der Waals surface area contributed by atoms with Gasteiger partial charge in [0.2, 0.25) is 0 Å². The summed E-state index contributed by atoms with van der Waals surface area (Å²) in [6.45, 7) is 0. The minimum atomic E-state index is -0.0282. The fourth-order valence-electron chi connectivity index (χ4n) is 2.25. The quantitative estimate of drug-likeness (QED) is 0.680. The molecule has 0 saturated heterocycles. The van der Waals surface area contributed by atoms with Crippen molar-refractivity contribution in [3.63, 3.8) is 0 Å². The van der Waals surface area contributed by atoms with E-state index in [1.807, 2.05) is 24.3 Å². The van der Waals surface area contributed by atoms with Crippen molar-refractivity contribution in [1.82, 2.24) is 9.97 Å². The van der Waals surface area contributed by atoms with Gasteiger partial charge in [0, 0.05) is 10.0 Å². The van der Waals surface area contributed by atoms with Gasteiger partial charge in [-0.05, 0) is 30.3 Å². The van der Waals surface area contributed by atoms with Crippen molar-refractivity contribution in [3.8, 4) is 17.6 Å². The lowest BCUT2D eigenvalue weighted by Crippen LogP contribution is -1.89. The Morgan fingerprint density at radius 1 is 1.39 bits per heavy atom. The Labute approximate surface area is 141 Å². The number of nitriles is 1. The molecule has 0 spiro atoms. The number of H-pyrrole nitrogens is 1. The average Bonchev–Trinajstić information content (AvgIpc) is 2.98. The molecule has 0 aliphatic rings. The molecule has 2 N–H and O–H groups in total. The second kappa shape index (κ2) is 6.15. The first kappa shape index (κ1) is 15.1. The molecule has 3 aromatic rings. The molecule has 0 radical (unpaired) electrons. The third-order valence-corrected chi connectivity index (χ3v) is 3.81. The molecule has 0 amide bonds. The van der Waals surface area contributed by atoms with Gasteiger partial charge in [0.25, 0.3) is 0 Å². The van der Waals surface area contributed by atoms with Gasteiger partial charge in [-0.15, -0.1) is 0 Å². The van der Waals surface area contributed by atoms with E-state index >= 15 is 0 Å². The van der Waals surface area contributed by atoms with Crippen molar-refractivity contribution in [1.29, 1.82) is 5.26 Å². The van der Waals surface area contributed by atoms with E-state index in [9.17, 15) is 10.4 Å². The maximum Gasteiger partial charge on any atom is 0.165 e. The molecule has 2 aromatic carbocycles. The number of hydrogen-bond acceptors (Lipinski definition) is 4. The number of phenolic OH excluding ortho intramolecular Hbond substituents is 1. The number of rotatable bonds is 3. The van der Waals surface area contributed by atoms with Crippen LogP contribution in [0.3, 0.4) is 0 Å². The molecule has 0 bridgehead atoms. The molecular formula is C17H12BrN3O2. The standard InChI is InChI=1S/C17H12BrN3O2/c1-23-15-8-12(18)7-10(16(15)22)6-11(9-19)17-20-13-4-2-3-5-14(13)21-17/h2-8,22H,1H3,(H,20,21)/b11-6+. The first-order valence-electron chi connectivity index (χ1n) is 6.76. The normalized spacial score (nSPS) is 11.4. The van der Waals surface area contributed by atoms with Crippen LogP contribution in [0.5, 0.6) is 11.5 Å². The lowest BCUT2D eigenvalue weighted by Gasteiger charge is -2.07. The maximum absolute atomic E-state index is 10.2. The molecule has 0 atom stereocenters. The Morgan fingerprint density at radius 3 is 2.87 bits per heavy atom. The number of aromatic amines is 1. The van der Waals surface area contributed by atoms with Crippen LogP contribution in [0.2, 0.25) is 0 Å². The number of allylic oxidation sites excluding steroid dienone is 1. The monoisotopic (exact) mass is 369 g/mol. The molecule has 0 unspecified atom stereocenters. The molecule has 1 heterocycles. The SMILES string of the molecule is COc1cc(Br)cc(/C=C(\C#N)c2nc3ccccc3[nH]2)c1O. The number of ether oxygens (including phenoxy) is 1. The molecule has 114 valence electrons. The summed E-state index contributed by atoms with van der Waals surface area (Å²) >= 11 is 3.36. The molecule has 0 aliphatic carbocycles. The number of aromatic hydroxyl groups is 1. The van der Waals surface area contributed by atoms with Gasteiger partial charge in [0.05, 0.1) is 23.7 Å². The second-order valence-electron chi connectivity index (χ2n) is 4.82. The minimum Gasteiger partial charge on any atom is -0.504 e. The lowest BCUT2D eigenvalue weighted by molar-refractivity contribution is 0.372. The van der Waals surface area contributed by atoms with Crippen LogP contribution in [-0.4, -0.2) is 22.2 Å². The van der Waals surface area contributed by atoms with Crippen LogP contribution in [-0.2, 0) is 0 Å². The zero-order valence-corrected chi connectivity index (χ0v) is 13.8. The summed E-state index contributed by atoms with van der Waals surface area (Å²) in [6, 6.07) is 13.0. The molecule has 3 rings (SSSR count). The number of halogens is 1. The predicted octanol–water partition coefficient (Wildman–Crippen LogP) is 4.10. The van der Waals surface area contributed by atoms with Gasteiger partial charge >= 0.3 is 0 Å². The zero-order chi connectivity index (χ0) is 16.4. The van der Waals surface area contributed by atoms with Gasteiger partial charge in [0.15, 0.2) is 11.5 Å². The number of hydrogen-bond donors (Lipinski definition) is 2. The number of methoxy groups -OCH3 is 1. The van der Waals surface area contributed by atoms with Crippen molar-refractivity contribution in [3.05, 3.63) is 52.3 Å². The third-order valence-electron chi connectivity index (χ3n) is 3.35. The molecule has 0 fully saturated rings. The number of nitrogens with zero attached hydrogens (tertiary/aromatic N) is 2. The fraction of sp³-hybridized carbons (Fsp3) is 0.0588. The first-order valence-corrected chi connectivity index (χ1v) is 7.55. The highest BCUT2D eigenvalue weighted by molar-refractivity contribution is 9.10. The van der Waals surface area contributed by atoms with Crippen LogP contribution >= 0.6 is 15.9 Å². The smallest absolute Gasteiger partial charge is 0.165 e. The summed E-state index contributed by atoms with van der Waals surface area (Å²) in [5.41, 5.74) is 2.41. The van der Waals surface area contributed by atoms with Gasteiger partial charge in [-0.3, -0.25) is 0 Å². The number of para-hydroxylation sites is 2. The van der Waals surface area contributed by atoms with Crippen molar-refractivity contribution < 1.29 is 9.84 Å². The molecule has 0 aliphatic heterocycles. The molecule has 1 aromatic heterocycles. The molecular weight excluding hydrogens is 358 g/mol. The van der Waals surface area contributed by atoms with E-state index in [0.717, 1.165) is 15.5 Å². The van der Waals surface area contributed by atoms with Crippen molar-refractivity contribution in [2.45, 2.75) is 0 Å². The molecule has 6 heteroatoms. The Hall–Kier alpha value is -2.78. The van der Waals surface area contributed by atoms with E-state index < -0.39 is 0 Å². The Bertz CT molecular complexity index is 921. The van der Waals surface area contributed by atoms with Crippen molar-refractivity contribution in [2.24, 2.45) is 0 Å². The summed E-state index contributed by atoms with van der Waals surface area (Å²) in [5.74, 6) is 0.749. The van der Waals surface area contributed by atoms with E-state index in [1.54, 1.807) is 18.2 Å². The van der Waals surface area contributed by atoms with E-state index in [0.29, 0.717) is 22.7 Å². The van der Waals surface area contributed by atoms with E-state index in [-0.39, 0.29) is 5.75 Å². The maximum atomic E-state index is 10.2. The summed E-state index contributed by atoms with van der Waals surface area (Å²) in [6.07, 6.45) is 1.57. The van der Waals surface area contributed by atoms with Crippen molar-refractivity contribution in [2.75, 3.05) is 7.11 Å². The zero-order valence-electron chi connectivity index (χ0n) is 12.2. The number of phenols is 1. The Kier molecular flexibility index (Phi) is 4.04. The van der Waals surface area contributed by atoms with E-state index in [2.05, 4.69) is 32.0 Å². The number of imidazole rings is 1. The lowest BCUT2D eigenvalue weighted by atomic mass is 10.1. The summed E-state index contributed by atoms with van der Waals surface area (Å²) in [7, 11) is 1.47. The highest BCUT2D eigenvalue weighted by Crippen LogP contribution is 2.35. The summed E-state index contributed by atoms with van der Waals surface area (Å²) in [5, 5.41) is 19.7. The number of nitrogens with one attached hydrogen (secondary N) is 1. The van der Waals surface area contributed by atoms with Crippen LogP contribution in [0.4, 0.5) is 0 Å². The summed E-state index contributed by atoms with van der Waals surface area (Å²) in [4.78, 5) is 7.51. The van der Waals surface area contributed by atoms with Crippen LogP contribution in [0.25, 0.3) is 22.7 Å². The van der Waals surface area contributed by atoms with Crippen LogP contribution in [0.1, 0.15) is 11.4 Å². The second-order valence-corrected chi connectivity index (χ2v) is 5.73.